The van der Waals surface area contributed by atoms with Crippen LogP contribution in [0.25, 0.3) is 0 Å². The van der Waals surface area contributed by atoms with Crippen molar-refractivity contribution in [2.45, 2.75) is 24.2 Å². The lowest BCUT2D eigenvalue weighted by atomic mass is 9.85. The van der Waals surface area contributed by atoms with Crippen molar-refractivity contribution in [1.29, 1.82) is 0 Å². The van der Waals surface area contributed by atoms with Gasteiger partial charge in [-0.1, -0.05) is 60.3 Å². The zero-order valence-corrected chi connectivity index (χ0v) is 16.0. The van der Waals surface area contributed by atoms with Gasteiger partial charge in [0.05, 0.1) is 12.0 Å². The zero-order chi connectivity index (χ0) is 18.8. The number of amides is 1. The third-order valence-corrected chi connectivity index (χ3v) is 5.32. The molecule has 27 heavy (non-hydrogen) atoms. The summed E-state index contributed by atoms with van der Waals surface area (Å²) in [6.07, 6.45) is 1.95. The molecule has 6 nitrogen and oxygen atoms in total. The number of hydrogen-bond donors (Lipinski definition) is 2. The summed E-state index contributed by atoms with van der Waals surface area (Å²) in [7, 11) is 0. The van der Waals surface area contributed by atoms with Gasteiger partial charge in [-0.05, 0) is 30.9 Å². The van der Waals surface area contributed by atoms with Gasteiger partial charge in [-0.3, -0.25) is 4.79 Å². The quantitative estimate of drug-likeness (QED) is 0.677. The number of carbonyl (C=O) groups is 1. The maximum Gasteiger partial charge on any atom is 0.232 e. The van der Waals surface area contributed by atoms with Crippen molar-refractivity contribution in [2.24, 2.45) is 5.92 Å². The molecule has 0 saturated carbocycles. The van der Waals surface area contributed by atoms with E-state index in [2.05, 4.69) is 20.7 Å². The van der Waals surface area contributed by atoms with Crippen molar-refractivity contribution < 1.29 is 4.79 Å². The van der Waals surface area contributed by atoms with Gasteiger partial charge in [0, 0.05) is 11.7 Å². The number of benzene rings is 2. The molecule has 4 rings (SSSR count). The smallest absolute Gasteiger partial charge is 0.232 e. The van der Waals surface area contributed by atoms with Gasteiger partial charge in [0.1, 0.15) is 0 Å². The average molecular weight is 379 g/mol. The highest BCUT2D eigenvalue weighted by Crippen LogP contribution is 2.37. The summed E-state index contributed by atoms with van der Waals surface area (Å²) in [5.74, 6) is 0.322. The maximum absolute atomic E-state index is 13.2. The van der Waals surface area contributed by atoms with Crippen LogP contribution in [0.5, 0.6) is 0 Å². The third-order valence-electron chi connectivity index (χ3n) is 4.78. The van der Waals surface area contributed by atoms with E-state index in [1.807, 2.05) is 78.5 Å². The summed E-state index contributed by atoms with van der Waals surface area (Å²) in [6, 6.07) is 19.2. The van der Waals surface area contributed by atoms with Crippen molar-refractivity contribution in [1.82, 2.24) is 14.8 Å². The van der Waals surface area contributed by atoms with Gasteiger partial charge in [-0.25, -0.2) is 4.68 Å². The monoisotopic (exact) mass is 379 g/mol. The largest absolute Gasteiger partial charge is 0.351 e. The Bertz CT molecular complexity index is 928. The molecule has 0 bridgehead atoms. The van der Waals surface area contributed by atoms with Gasteiger partial charge in [0.25, 0.3) is 0 Å². The molecule has 0 radical (unpaired) electrons. The molecule has 0 saturated heterocycles. The van der Waals surface area contributed by atoms with Crippen molar-refractivity contribution in [2.75, 3.05) is 16.9 Å². The Hall–Kier alpha value is -2.80. The lowest BCUT2D eigenvalue weighted by molar-refractivity contribution is -0.121. The zero-order valence-electron chi connectivity index (χ0n) is 15.2. The Morgan fingerprint density at radius 1 is 1.11 bits per heavy atom. The fraction of sp³-hybridized carbons (Fsp3) is 0.250. The third kappa shape index (κ3) is 3.42. The molecule has 0 aliphatic carbocycles. The first kappa shape index (κ1) is 17.6. The standard InChI is InChI=1S/C20H21N5OS/c1-13-16(18(26)22-15-11-7-4-8-12-15)17(14-9-5-3-6-10-14)25-19(21-13)23-20(24-25)27-2/h3-13,16-17H,1-2H3,(H,22,26)(H,21,23,24)/t13-,16+,17-/m1/s1. The fourth-order valence-electron chi connectivity index (χ4n) is 3.52. The van der Waals surface area contributed by atoms with E-state index in [0.29, 0.717) is 11.1 Å². The van der Waals surface area contributed by atoms with Crippen LogP contribution < -0.4 is 10.6 Å². The van der Waals surface area contributed by atoms with E-state index in [-0.39, 0.29) is 23.9 Å². The highest BCUT2D eigenvalue weighted by Gasteiger charge is 2.41. The molecule has 3 atom stereocenters. The topological polar surface area (TPSA) is 71.8 Å². The van der Waals surface area contributed by atoms with Crippen molar-refractivity contribution in [3.63, 3.8) is 0 Å². The highest BCUT2D eigenvalue weighted by atomic mass is 32.2. The molecule has 2 aromatic carbocycles. The number of rotatable bonds is 4. The predicted octanol–water partition coefficient (Wildman–Crippen LogP) is 3.66. The molecule has 1 aromatic heterocycles. The van der Waals surface area contributed by atoms with Crippen LogP contribution in [0.2, 0.25) is 0 Å². The highest BCUT2D eigenvalue weighted by molar-refractivity contribution is 7.98. The molecule has 7 heteroatoms. The summed E-state index contributed by atoms with van der Waals surface area (Å²) in [5.41, 5.74) is 1.83. The Morgan fingerprint density at radius 2 is 1.78 bits per heavy atom. The minimum Gasteiger partial charge on any atom is -0.351 e. The summed E-state index contributed by atoms with van der Waals surface area (Å²) in [4.78, 5) is 17.8. The van der Waals surface area contributed by atoms with Crippen molar-refractivity contribution in [3.05, 3.63) is 66.2 Å². The number of carbonyl (C=O) groups excluding carboxylic acids is 1. The lowest BCUT2D eigenvalue weighted by Crippen LogP contribution is -2.46. The van der Waals surface area contributed by atoms with Gasteiger partial charge in [0.2, 0.25) is 17.0 Å². The van der Waals surface area contributed by atoms with Gasteiger partial charge < -0.3 is 10.6 Å². The number of fused-ring (bicyclic) bond motifs is 1. The second-order valence-electron chi connectivity index (χ2n) is 6.54. The maximum atomic E-state index is 13.2. The van der Waals surface area contributed by atoms with Crippen LogP contribution in [0.3, 0.4) is 0 Å². The Kier molecular flexibility index (Phi) is 4.85. The summed E-state index contributed by atoms with van der Waals surface area (Å²) >= 11 is 1.49. The van der Waals surface area contributed by atoms with Crippen LogP contribution in [0.4, 0.5) is 11.6 Å². The molecule has 2 heterocycles. The van der Waals surface area contributed by atoms with Crippen LogP contribution in [-0.2, 0) is 4.79 Å². The van der Waals surface area contributed by atoms with E-state index in [1.165, 1.54) is 11.8 Å². The molecule has 1 aliphatic heterocycles. The minimum absolute atomic E-state index is 0.0399. The Balaban J connectivity index is 1.75. The molecular formula is C20H21N5OS. The molecule has 3 aromatic rings. The first-order valence-electron chi connectivity index (χ1n) is 8.85. The Morgan fingerprint density at radius 3 is 2.44 bits per heavy atom. The van der Waals surface area contributed by atoms with E-state index >= 15 is 0 Å². The summed E-state index contributed by atoms with van der Waals surface area (Å²) in [5, 5.41) is 11.7. The molecule has 2 N–H and O–H groups in total. The molecule has 0 unspecified atom stereocenters. The number of thioether (sulfide) groups is 1. The first-order valence-corrected chi connectivity index (χ1v) is 10.1. The van der Waals surface area contributed by atoms with E-state index in [9.17, 15) is 4.79 Å². The SMILES string of the molecule is CSc1nc2n(n1)[C@H](c1ccccc1)[C@@H](C(=O)Nc1ccccc1)[C@@H](C)N2. The van der Waals surface area contributed by atoms with Crippen LogP contribution in [0.15, 0.2) is 65.8 Å². The van der Waals surface area contributed by atoms with Crippen molar-refractivity contribution >= 4 is 29.3 Å². The van der Waals surface area contributed by atoms with Gasteiger partial charge >= 0.3 is 0 Å². The number of hydrogen-bond acceptors (Lipinski definition) is 5. The Labute approximate surface area is 162 Å². The second-order valence-corrected chi connectivity index (χ2v) is 7.31. The van der Waals surface area contributed by atoms with E-state index in [4.69, 9.17) is 0 Å². The van der Waals surface area contributed by atoms with Gasteiger partial charge in [-0.15, -0.1) is 5.10 Å². The molecule has 0 spiro atoms. The molecule has 1 amide bonds. The predicted molar refractivity (Wildman–Crippen MR) is 108 cm³/mol. The van der Waals surface area contributed by atoms with Crippen LogP contribution in [0, 0.1) is 5.92 Å². The fourth-order valence-corrected chi connectivity index (χ4v) is 3.87. The normalized spacial score (nSPS) is 21.2. The summed E-state index contributed by atoms with van der Waals surface area (Å²) in [6.45, 7) is 2.02. The molecule has 138 valence electrons. The van der Waals surface area contributed by atoms with Gasteiger partial charge in [-0.2, -0.15) is 4.98 Å². The number of aromatic nitrogens is 3. The van der Waals surface area contributed by atoms with E-state index in [0.717, 1.165) is 11.3 Å². The molecule has 1 aliphatic rings. The minimum atomic E-state index is -0.337. The second kappa shape index (κ2) is 7.44. The van der Waals surface area contributed by atoms with E-state index in [1.54, 1.807) is 0 Å². The van der Waals surface area contributed by atoms with Gasteiger partial charge in [0.15, 0.2) is 0 Å². The number of para-hydroxylation sites is 1. The van der Waals surface area contributed by atoms with E-state index < -0.39 is 0 Å². The lowest BCUT2D eigenvalue weighted by Gasteiger charge is -2.36. The first-order chi connectivity index (χ1) is 13.2. The molecular weight excluding hydrogens is 358 g/mol. The number of nitrogens with one attached hydrogen (secondary N) is 2. The average Bonchev–Trinajstić information content (AvgIpc) is 3.11. The number of anilines is 2. The van der Waals surface area contributed by atoms with Crippen molar-refractivity contribution in [3.8, 4) is 0 Å². The molecule has 0 fully saturated rings. The summed E-state index contributed by atoms with van der Waals surface area (Å²) < 4.78 is 1.84. The van der Waals surface area contributed by atoms with Crippen LogP contribution in [-0.4, -0.2) is 33.0 Å². The van der Waals surface area contributed by atoms with Crippen LogP contribution in [0.1, 0.15) is 18.5 Å². The van der Waals surface area contributed by atoms with Crippen LogP contribution >= 0.6 is 11.8 Å². The number of nitrogens with zero attached hydrogens (tertiary/aromatic N) is 3.